The number of nitrogens with two attached hydrogens (primary N) is 1. The minimum atomic E-state index is 0.777. The van der Waals surface area contributed by atoms with E-state index in [2.05, 4.69) is 10.4 Å². The van der Waals surface area contributed by atoms with Gasteiger partial charge >= 0.3 is 0 Å². The second-order valence-electron chi connectivity index (χ2n) is 3.30. The van der Waals surface area contributed by atoms with E-state index in [1.165, 1.54) is 0 Å². The highest BCUT2D eigenvalue weighted by Crippen LogP contribution is 2.17. The topological polar surface area (TPSA) is 50.5 Å². The van der Waals surface area contributed by atoms with Crippen molar-refractivity contribution < 1.29 is 4.74 Å². The van der Waals surface area contributed by atoms with E-state index in [0.717, 1.165) is 37.7 Å². The monoisotopic (exact) mass is 193 g/mol. The van der Waals surface area contributed by atoms with E-state index in [9.17, 15) is 0 Å². The maximum absolute atomic E-state index is 5.82. The summed E-state index contributed by atoms with van der Waals surface area (Å²) in [5, 5.41) is 2.12. The summed E-state index contributed by atoms with van der Waals surface area (Å²) < 4.78 is 5.25. The molecule has 0 atom stereocenters. The number of para-hydroxylation sites is 2. The molecule has 0 amide bonds. The molecule has 1 aromatic rings. The summed E-state index contributed by atoms with van der Waals surface area (Å²) in [6.45, 7) is 3.35. The molecule has 2 rings (SSSR count). The standard InChI is InChI=1S/C10H15N3O/c11-9-3-1-2-4-10(9)12-13-5-7-14-8-6-13/h1-4,12H,5-8,11H2. The first-order valence-corrected chi connectivity index (χ1v) is 4.80. The van der Waals surface area contributed by atoms with Crippen LogP contribution in [0.3, 0.4) is 0 Å². The summed E-state index contributed by atoms with van der Waals surface area (Å²) in [6.07, 6.45) is 0. The molecule has 1 aliphatic heterocycles. The SMILES string of the molecule is Nc1ccccc1NN1CCOCC1. The molecule has 0 bridgehead atoms. The van der Waals surface area contributed by atoms with Gasteiger partial charge in [-0.1, -0.05) is 12.1 Å². The number of nitrogen functional groups attached to an aromatic ring is 1. The van der Waals surface area contributed by atoms with Crippen LogP contribution in [0.2, 0.25) is 0 Å². The smallest absolute Gasteiger partial charge is 0.0719 e. The molecule has 0 spiro atoms. The van der Waals surface area contributed by atoms with Crippen molar-refractivity contribution in [1.29, 1.82) is 0 Å². The maximum Gasteiger partial charge on any atom is 0.0719 e. The van der Waals surface area contributed by atoms with Crippen LogP contribution >= 0.6 is 0 Å². The van der Waals surface area contributed by atoms with E-state index in [4.69, 9.17) is 10.5 Å². The Morgan fingerprint density at radius 2 is 1.93 bits per heavy atom. The summed E-state index contributed by atoms with van der Waals surface area (Å²) in [7, 11) is 0. The Balaban J connectivity index is 1.99. The highest BCUT2D eigenvalue weighted by Gasteiger charge is 2.10. The molecule has 76 valence electrons. The average Bonchev–Trinajstić information content (AvgIpc) is 2.23. The number of benzene rings is 1. The quantitative estimate of drug-likeness (QED) is 0.686. The summed E-state index contributed by atoms with van der Waals surface area (Å²) in [6, 6.07) is 7.77. The van der Waals surface area contributed by atoms with Crippen LogP contribution in [0.15, 0.2) is 24.3 Å². The molecule has 0 radical (unpaired) electrons. The molecule has 3 N–H and O–H groups in total. The van der Waals surface area contributed by atoms with E-state index in [1.54, 1.807) is 0 Å². The van der Waals surface area contributed by atoms with Gasteiger partial charge in [0.1, 0.15) is 0 Å². The number of nitrogens with one attached hydrogen (secondary N) is 1. The molecule has 1 aromatic carbocycles. The van der Waals surface area contributed by atoms with E-state index in [-0.39, 0.29) is 0 Å². The van der Waals surface area contributed by atoms with Crippen LogP contribution in [0.5, 0.6) is 0 Å². The van der Waals surface area contributed by atoms with Crippen molar-refractivity contribution in [1.82, 2.24) is 5.01 Å². The van der Waals surface area contributed by atoms with E-state index in [0.29, 0.717) is 0 Å². The lowest BCUT2D eigenvalue weighted by Gasteiger charge is -2.28. The van der Waals surface area contributed by atoms with Gasteiger partial charge in [-0.25, -0.2) is 5.01 Å². The van der Waals surface area contributed by atoms with Crippen molar-refractivity contribution >= 4 is 11.4 Å². The molecule has 1 fully saturated rings. The van der Waals surface area contributed by atoms with Gasteiger partial charge in [0, 0.05) is 13.1 Å². The van der Waals surface area contributed by atoms with Gasteiger partial charge in [0.2, 0.25) is 0 Å². The lowest BCUT2D eigenvalue weighted by molar-refractivity contribution is 0.0497. The van der Waals surface area contributed by atoms with Crippen LogP contribution < -0.4 is 11.2 Å². The summed E-state index contributed by atoms with van der Waals surface area (Å²) in [5.74, 6) is 0. The van der Waals surface area contributed by atoms with Gasteiger partial charge in [-0.15, -0.1) is 0 Å². The fourth-order valence-electron chi connectivity index (χ4n) is 1.44. The Kier molecular flexibility index (Phi) is 2.86. The fraction of sp³-hybridized carbons (Fsp3) is 0.400. The van der Waals surface area contributed by atoms with Gasteiger partial charge in [0.25, 0.3) is 0 Å². The second-order valence-corrected chi connectivity index (χ2v) is 3.30. The largest absolute Gasteiger partial charge is 0.397 e. The minimum absolute atomic E-state index is 0.777. The first kappa shape index (κ1) is 9.30. The Labute approximate surface area is 83.6 Å². The van der Waals surface area contributed by atoms with Crippen molar-refractivity contribution in [3.8, 4) is 0 Å². The van der Waals surface area contributed by atoms with Crippen LogP contribution in [0.4, 0.5) is 11.4 Å². The van der Waals surface area contributed by atoms with Crippen LogP contribution in [0.25, 0.3) is 0 Å². The summed E-state index contributed by atoms with van der Waals surface area (Å²) in [4.78, 5) is 0. The Morgan fingerprint density at radius 3 is 2.64 bits per heavy atom. The number of nitrogens with zero attached hydrogens (tertiary/aromatic N) is 1. The molecule has 0 aliphatic carbocycles. The highest BCUT2D eigenvalue weighted by atomic mass is 16.5. The third-order valence-electron chi connectivity index (χ3n) is 2.25. The highest BCUT2D eigenvalue weighted by molar-refractivity contribution is 5.65. The fourth-order valence-corrected chi connectivity index (χ4v) is 1.44. The third-order valence-corrected chi connectivity index (χ3v) is 2.25. The van der Waals surface area contributed by atoms with Crippen molar-refractivity contribution in [2.45, 2.75) is 0 Å². The van der Waals surface area contributed by atoms with Crippen LogP contribution in [-0.4, -0.2) is 31.3 Å². The molecule has 4 heteroatoms. The predicted molar refractivity (Wildman–Crippen MR) is 56.9 cm³/mol. The lowest BCUT2D eigenvalue weighted by atomic mass is 10.3. The van der Waals surface area contributed by atoms with Crippen molar-refractivity contribution in [3.05, 3.63) is 24.3 Å². The van der Waals surface area contributed by atoms with Gasteiger partial charge in [0.15, 0.2) is 0 Å². The molecule has 0 unspecified atom stereocenters. The Hall–Kier alpha value is -1.26. The Morgan fingerprint density at radius 1 is 1.21 bits per heavy atom. The molecule has 1 aliphatic rings. The number of morpholine rings is 1. The molecule has 4 nitrogen and oxygen atoms in total. The van der Waals surface area contributed by atoms with E-state index >= 15 is 0 Å². The van der Waals surface area contributed by atoms with Crippen LogP contribution in [-0.2, 0) is 4.74 Å². The molecular weight excluding hydrogens is 178 g/mol. The number of hydrogen-bond donors (Lipinski definition) is 2. The van der Waals surface area contributed by atoms with E-state index in [1.807, 2.05) is 24.3 Å². The lowest BCUT2D eigenvalue weighted by Crippen LogP contribution is -2.40. The van der Waals surface area contributed by atoms with Crippen molar-refractivity contribution in [2.75, 3.05) is 37.5 Å². The zero-order valence-corrected chi connectivity index (χ0v) is 8.07. The first-order valence-electron chi connectivity index (χ1n) is 4.80. The normalized spacial score (nSPS) is 18.0. The molecule has 0 aromatic heterocycles. The zero-order chi connectivity index (χ0) is 9.80. The van der Waals surface area contributed by atoms with Crippen molar-refractivity contribution in [3.63, 3.8) is 0 Å². The zero-order valence-electron chi connectivity index (χ0n) is 8.07. The molecule has 0 saturated carbocycles. The number of ether oxygens (including phenoxy) is 1. The number of rotatable bonds is 2. The van der Waals surface area contributed by atoms with Gasteiger partial charge in [-0.2, -0.15) is 0 Å². The summed E-state index contributed by atoms with van der Waals surface area (Å²) >= 11 is 0. The first-order chi connectivity index (χ1) is 6.86. The van der Waals surface area contributed by atoms with Gasteiger partial charge in [0.05, 0.1) is 24.6 Å². The second kappa shape index (κ2) is 4.30. The van der Waals surface area contributed by atoms with Crippen molar-refractivity contribution in [2.24, 2.45) is 0 Å². The van der Waals surface area contributed by atoms with Gasteiger partial charge in [-0.3, -0.25) is 0 Å². The molecule has 1 saturated heterocycles. The molecule has 1 heterocycles. The average molecular weight is 193 g/mol. The number of hydrogen-bond acceptors (Lipinski definition) is 4. The van der Waals surface area contributed by atoms with Gasteiger partial charge < -0.3 is 15.9 Å². The maximum atomic E-state index is 5.82. The molecule has 14 heavy (non-hydrogen) atoms. The minimum Gasteiger partial charge on any atom is -0.397 e. The van der Waals surface area contributed by atoms with Crippen LogP contribution in [0.1, 0.15) is 0 Å². The summed E-state index contributed by atoms with van der Waals surface area (Å²) in [5.41, 5.74) is 10.8. The van der Waals surface area contributed by atoms with Gasteiger partial charge in [-0.05, 0) is 12.1 Å². The van der Waals surface area contributed by atoms with E-state index < -0.39 is 0 Å². The van der Waals surface area contributed by atoms with Crippen LogP contribution in [0, 0.1) is 0 Å². The third kappa shape index (κ3) is 2.16. The number of hydrazine groups is 1. The molecular formula is C10H15N3O. The Bertz CT molecular complexity index is 297. The predicted octanol–water partition coefficient (Wildman–Crippen LogP) is 0.928. The number of anilines is 2.